The van der Waals surface area contributed by atoms with Crippen LogP contribution >= 0.6 is 12.2 Å². The Morgan fingerprint density at radius 2 is 1.46 bits per heavy atom. The molecule has 39 heavy (non-hydrogen) atoms. The maximum atomic E-state index is 9.82. The number of aromatic nitrogens is 2. The summed E-state index contributed by atoms with van der Waals surface area (Å²) in [5.74, 6) is 2.44. The maximum absolute atomic E-state index is 9.82. The minimum atomic E-state index is -0.190. The van der Waals surface area contributed by atoms with E-state index in [9.17, 15) is 5.11 Å². The second kappa shape index (κ2) is 10.5. The average Bonchev–Trinajstić information content (AvgIpc) is 3.59. The van der Waals surface area contributed by atoms with Crippen molar-refractivity contribution in [1.29, 1.82) is 0 Å². The molecule has 1 saturated heterocycles. The molecule has 0 saturated carbocycles. The summed E-state index contributed by atoms with van der Waals surface area (Å²) in [4.78, 5) is 6.77. The van der Waals surface area contributed by atoms with Gasteiger partial charge in [0.1, 0.15) is 29.0 Å². The van der Waals surface area contributed by atoms with Crippen molar-refractivity contribution >= 4 is 23.0 Å². The fraction of sp³-hybridized carbons (Fsp3) is 0.0968. The maximum Gasteiger partial charge on any atom is 0.174 e. The van der Waals surface area contributed by atoms with Crippen molar-refractivity contribution in [2.24, 2.45) is 0 Å². The van der Waals surface area contributed by atoms with Gasteiger partial charge in [0, 0.05) is 29.5 Å². The lowest BCUT2D eigenvalue weighted by Crippen LogP contribution is -2.30. The molecule has 3 heterocycles. The molecule has 3 aromatic carbocycles. The Kier molecular flexibility index (Phi) is 6.61. The van der Waals surface area contributed by atoms with Gasteiger partial charge in [-0.2, -0.15) is 0 Å². The second-order valence-corrected chi connectivity index (χ2v) is 9.47. The topological polar surface area (TPSA) is 71.8 Å². The highest BCUT2D eigenvalue weighted by Gasteiger charge is 2.42. The van der Waals surface area contributed by atoms with Gasteiger partial charge in [0.25, 0.3) is 0 Å². The van der Waals surface area contributed by atoms with Crippen molar-refractivity contribution in [2.75, 3.05) is 12.0 Å². The Morgan fingerprint density at radius 3 is 2.13 bits per heavy atom. The molecule has 2 unspecified atom stereocenters. The third-order valence-electron chi connectivity index (χ3n) is 6.72. The minimum absolute atomic E-state index is 0.181. The third-order valence-corrected chi connectivity index (χ3v) is 7.03. The number of aromatic hydroxyl groups is 1. The van der Waals surface area contributed by atoms with Crippen molar-refractivity contribution in [3.63, 3.8) is 0 Å². The monoisotopic (exact) mass is 534 g/mol. The van der Waals surface area contributed by atoms with Crippen LogP contribution in [0.4, 0.5) is 5.69 Å². The number of nitrogens with one attached hydrogen (secondary N) is 1. The Morgan fingerprint density at radius 1 is 0.795 bits per heavy atom. The summed E-state index contributed by atoms with van der Waals surface area (Å²) in [7, 11) is 1.64. The van der Waals surface area contributed by atoms with Crippen molar-refractivity contribution < 1.29 is 14.6 Å². The number of hydrogen-bond donors (Lipinski definition) is 2. The number of pyridine rings is 1. The molecule has 7 nitrogen and oxygen atoms in total. The number of hydrogen-bond acceptors (Lipinski definition) is 5. The molecule has 0 bridgehead atoms. The van der Waals surface area contributed by atoms with Gasteiger partial charge < -0.3 is 29.4 Å². The van der Waals surface area contributed by atoms with Crippen LogP contribution in [0.5, 0.6) is 23.0 Å². The van der Waals surface area contributed by atoms with E-state index in [2.05, 4.69) is 25.8 Å². The van der Waals surface area contributed by atoms with E-state index in [1.165, 1.54) is 0 Å². The molecule has 0 aliphatic carbocycles. The van der Waals surface area contributed by atoms with Crippen molar-refractivity contribution in [1.82, 2.24) is 14.9 Å². The fourth-order valence-corrected chi connectivity index (χ4v) is 5.22. The Bertz CT molecular complexity index is 1570. The van der Waals surface area contributed by atoms with E-state index in [0.29, 0.717) is 10.9 Å². The highest BCUT2D eigenvalue weighted by Crippen LogP contribution is 2.42. The van der Waals surface area contributed by atoms with Gasteiger partial charge in [0.15, 0.2) is 5.11 Å². The molecule has 1 aliphatic rings. The SMILES string of the molecule is COc1ccc(Oc2ccc(N3C(=S)NC(c4ccccn4)C3c3cccn3-c3ccc(O)cc3)cc2)cc1. The van der Waals surface area contributed by atoms with E-state index in [1.54, 1.807) is 25.4 Å². The standard InChI is InChI=1S/C31H26N4O3S/c1-37-24-15-17-26(18-16-24)38-25-13-9-22(10-14-25)35-30(29(33-31(35)39)27-5-2-3-19-32-27)28-6-4-20-34(28)21-7-11-23(36)12-8-21/h2-20,29-30,36H,1H3,(H,33,39). The zero-order valence-corrected chi connectivity index (χ0v) is 22.0. The first kappa shape index (κ1) is 24.5. The summed E-state index contributed by atoms with van der Waals surface area (Å²) in [6.45, 7) is 0. The van der Waals surface area contributed by atoms with Gasteiger partial charge in [0.05, 0.1) is 18.8 Å². The van der Waals surface area contributed by atoms with Gasteiger partial charge >= 0.3 is 0 Å². The number of rotatable bonds is 7. The molecule has 2 atom stereocenters. The molecular weight excluding hydrogens is 508 g/mol. The number of methoxy groups -OCH3 is 1. The van der Waals surface area contributed by atoms with Crippen LogP contribution in [0.3, 0.4) is 0 Å². The largest absolute Gasteiger partial charge is 0.508 e. The Balaban J connectivity index is 1.36. The van der Waals surface area contributed by atoms with Crippen LogP contribution in [0.15, 0.2) is 116 Å². The van der Waals surface area contributed by atoms with Crippen LogP contribution in [-0.4, -0.2) is 26.9 Å². The first-order valence-corrected chi connectivity index (χ1v) is 12.9. The highest BCUT2D eigenvalue weighted by molar-refractivity contribution is 7.80. The molecule has 5 aromatic rings. The molecule has 2 N–H and O–H groups in total. The van der Waals surface area contributed by atoms with E-state index in [-0.39, 0.29) is 17.8 Å². The molecule has 8 heteroatoms. The van der Waals surface area contributed by atoms with Crippen molar-refractivity contribution in [3.05, 3.63) is 127 Å². The molecule has 6 rings (SSSR count). The number of ether oxygens (including phenoxy) is 2. The zero-order chi connectivity index (χ0) is 26.8. The smallest absolute Gasteiger partial charge is 0.174 e. The van der Waals surface area contributed by atoms with Crippen LogP contribution in [0, 0.1) is 0 Å². The van der Waals surface area contributed by atoms with Gasteiger partial charge in [-0.05, 0) is 109 Å². The molecule has 0 amide bonds. The minimum Gasteiger partial charge on any atom is -0.508 e. The highest BCUT2D eigenvalue weighted by atomic mass is 32.1. The second-order valence-electron chi connectivity index (χ2n) is 9.09. The van der Waals surface area contributed by atoms with E-state index < -0.39 is 0 Å². The van der Waals surface area contributed by atoms with Crippen molar-refractivity contribution in [3.8, 4) is 28.7 Å². The average molecular weight is 535 g/mol. The van der Waals surface area contributed by atoms with Crippen LogP contribution in [0.25, 0.3) is 5.69 Å². The van der Waals surface area contributed by atoms with Crippen LogP contribution in [0.1, 0.15) is 23.5 Å². The molecule has 1 fully saturated rings. The Labute approximate surface area is 231 Å². The van der Waals surface area contributed by atoms with Gasteiger partial charge in [0.2, 0.25) is 0 Å². The molecule has 1 aliphatic heterocycles. The third kappa shape index (κ3) is 4.89. The quantitative estimate of drug-likeness (QED) is 0.229. The predicted octanol–water partition coefficient (Wildman–Crippen LogP) is 6.56. The molecular formula is C31H26N4O3S. The van der Waals surface area contributed by atoms with E-state index in [4.69, 9.17) is 21.7 Å². The summed E-state index contributed by atoms with van der Waals surface area (Å²) < 4.78 is 13.4. The number of anilines is 1. The number of thiocarbonyl (C=S) groups is 1. The zero-order valence-electron chi connectivity index (χ0n) is 21.1. The van der Waals surface area contributed by atoms with Crippen LogP contribution in [0.2, 0.25) is 0 Å². The summed E-state index contributed by atoms with van der Waals surface area (Å²) in [6.07, 6.45) is 3.81. The van der Waals surface area contributed by atoms with Crippen LogP contribution < -0.4 is 19.7 Å². The fourth-order valence-electron chi connectivity index (χ4n) is 4.87. The van der Waals surface area contributed by atoms with Gasteiger partial charge in [-0.1, -0.05) is 6.07 Å². The first-order valence-electron chi connectivity index (χ1n) is 12.5. The van der Waals surface area contributed by atoms with E-state index >= 15 is 0 Å². The summed E-state index contributed by atoms with van der Waals surface area (Å²) in [5.41, 5.74) is 3.79. The Hall–Kier alpha value is -4.82. The predicted molar refractivity (Wildman–Crippen MR) is 155 cm³/mol. The molecule has 2 aromatic heterocycles. The summed E-state index contributed by atoms with van der Waals surface area (Å²) in [6, 6.07) is 32.2. The van der Waals surface area contributed by atoms with Gasteiger partial charge in [-0.15, -0.1) is 0 Å². The molecule has 194 valence electrons. The molecule has 0 radical (unpaired) electrons. The van der Waals surface area contributed by atoms with E-state index in [1.807, 2.05) is 91.1 Å². The van der Waals surface area contributed by atoms with Crippen molar-refractivity contribution in [2.45, 2.75) is 12.1 Å². The number of benzene rings is 3. The number of phenolic OH excluding ortho intramolecular Hbond substituents is 1. The first-order chi connectivity index (χ1) is 19.1. The lowest BCUT2D eigenvalue weighted by Gasteiger charge is -2.29. The summed E-state index contributed by atoms with van der Waals surface area (Å²) in [5, 5.41) is 13.9. The number of phenols is 1. The summed E-state index contributed by atoms with van der Waals surface area (Å²) >= 11 is 5.89. The van der Waals surface area contributed by atoms with Crippen LogP contribution in [-0.2, 0) is 0 Å². The van der Waals surface area contributed by atoms with Gasteiger partial charge in [-0.3, -0.25) is 4.98 Å². The number of nitrogens with zero attached hydrogens (tertiary/aromatic N) is 3. The molecule has 0 spiro atoms. The normalized spacial score (nSPS) is 16.6. The lowest BCUT2D eigenvalue weighted by atomic mass is 10.0. The van der Waals surface area contributed by atoms with Gasteiger partial charge in [-0.25, -0.2) is 0 Å². The lowest BCUT2D eigenvalue weighted by molar-refractivity contribution is 0.413. The van der Waals surface area contributed by atoms with E-state index in [0.717, 1.165) is 34.3 Å².